The number of nitriles is 1. The van der Waals surface area contributed by atoms with E-state index in [-0.39, 0.29) is 5.78 Å². The topological polar surface area (TPSA) is 70.1 Å². The number of anilines is 2. The van der Waals surface area contributed by atoms with Gasteiger partial charge in [-0.15, -0.1) is 0 Å². The maximum atomic E-state index is 11.4. The molecule has 0 heterocycles. The molecule has 0 aliphatic rings. The summed E-state index contributed by atoms with van der Waals surface area (Å²) in [5.74, 6) is -0.0410. The molecule has 2 N–H and O–H groups in total. The Morgan fingerprint density at radius 3 is 2.76 bits per heavy atom. The monoisotopic (exact) mass is 231 g/mol. The predicted molar refractivity (Wildman–Crippen MR) is 69.0 cm³/mol. The summed E-state index contributed by atoms with van der Waals surface area (Å²) in [7, 11) is 0. The first-order valence-electron chi connectivity index (χ1n) is 5.63. The highest BCUT2D eigenvalue weighted by molar-refractivity contribution is 6.01. The molecule has 0 atom stereocenters. The Bertz CT molecular complexity index is 448. The fourth-order valence-corrected chi connectivity index (χ4v) is 1.77. The lowest BCUT2D eigenvalue weighted by atomic mass is 10.1. The zero-order valence-corrected chi connectivity index (χ0v) is 10.2. The Kier molecular flexibility index (Phi) is 4.53. The minimum Gasteiger partial charge on any atom is -0.396 e. The number of benzene rings is 1. The van der Waals surface area contributed by atoms with E-state index >= 15 is 0 Å². The van der Waals surface area contributed by atoms with Gasteiger partial charge >= 0.3 is 0 Å². The quantitative estimate of drug-likeness (QED) is 0.623. The molecule has 0 fully saturated rings. The van der Waals surface area contributed by atoms with E-state index in [9.17, 15) is 4.79 Å². The van der Waals surface area contributed by atoms with Crippen molar-refractivity contribution in [2.75, 3.05) is 23.7 Å². The highest BCUT2D eigenvalue weighted by Crippen LogP contribution is 2.27. The van der Waals surface area contributed by atoms with Gasteiger partial charge < -0.3 is 10.6 Å². The lowest BCUT2D eigenvalue weighted by Gasteiger charge is -2.24. The molecule has 0 radical (unpaired) electrons. The zero-order valence-electron chi connectivity index (χ0n) is 10.2. The second-order valence-electron chi connectivity index (χ2n) is 3.78. The van der Waals surface area contributed by atoms with Crippen molar-refractivity contribution in [1.29, 1.82) is 5.26 Å². The Balaban J connectivity index is 3.08. The van der Waals surface area contributed by atoms with Crippen molar-refractivity contribution >= 4 is 17.2 Å². The van der Waals surface area contributed by atoms with Crippen molar-refractivity contribution in [2.24, 2.45) is 0 Å². The Labute approximate surface area is 102 Å². The van der Waals surface area contributed by atoms with Gasteiger partial charge in [0.05, 0.1) is 23.9 Å². The first-order chi connectivity index (χ1) is 8.11. The second-order valence-corrected chi connectivity index (χ2v) is 3.78. The van der Waals surface area contributed by atoms with Crippen LogP contribution in [0.5, 0.6) is 0 Å². The van der Waals surface area contributed by atoms with Gasteiger partial charge in [-0.05, 0) is 26.0 Å². The van der Waals surface area contributed by atoms with Crippen LogP contribution in [-0.4, -0.2) is 18.9 Å². The molecule has 0 aliphatic carbocycles. The van der Waals surface area contributed by atoms with Crippen LogP contribution < -0.4 is 10.6 Å². The molecule has 0 unspecified atom stereocenters. The summed E-state index contributed by atoms with van der Waals surface area (Å²) >= 11 is 0. The van der Waals surface area contributed by atoms with E-state index in [0.29, 0.717) is 24.2 Å². The van der Waals surface area contributed by atoms with Gasteiger partial charge in [0.1, 0.15) is 0 Å². The van der Waals surface area contributed by atoms with E-state index in [4.69, 9.17) is 11.0 Å². The van der Waals surface area contributed by atoms with E-state index in [1.165, 1.54) is 6.92 Å². The van der Waals surface area contributed by atoms with Crippen LogP contribution in [0.3, 0.4) is 0 Å². The number of para-hydroxylation sites is 1. The maximum absolute atomic E-state index is 11.4. The number of ketones is 1. The zero-order chi connectivity index (χ0) is 12.8. The molecule has 1 aromatic carbocycles. The van der Waals surface area contributed by atoms with Gasteiger partial charge in [0, 0.05) is 18.7 Å². The van der Waals surface area contributed by atoms with E-state index in [0.717, 1.165) is 12.2 Å². The highest BCUT2D eigenvalue weighted by Gasteiger charge is 2.12. The molecule has 0 aliphatic heterocycles. The van der Waals surface area contributed by atoms with Gasteiger partial charge in [0.15, 0.2) is 5.78 Å². The summed E-state index contributed by atoms with van der Waals surface area (Å²) in [5, 5.41) is 8.61. The summed E-state index contributed by atoms with van der Waals surface area (Å²) in [6.45, 7) is 4.88. The molecule has 0 saturated heterocycles. The number of hydrogen-bond donors (Lipinski definition) is 1. The Morgan fingerprint density at radius 2 is 2.24 bits per heavy atom. The lowest BCUT2D eigenvalue weighted by Crippen LogP contribution is -2.25. The third-order valence-electron chi connectivity index (χ3n) is 2.68. The van der Waals surface area contributed by atoms with Crippen LogP contribution in [0, 0.1) is 11.3 Å². The number of Topliss-reactive ketones (excluding diaryl/α,β-unsaturated/α-hetero) is 1. The molecule has 0 amide bonds. The normalized spacial score (nSPS) is 9.71. The average Bonchev–Trinajstić information content (AvgIpc) is 2.31. The van der Waals surface area contributed by atoms with Crippen LogP contribution in [0.4, 0.5) is 11.4 Å². The molecule has 4 nitrogen and oxygen atoms in total. The molecule has 17 heavy (non-hydrogen) atoms. The van der Waals surface area contributed by atoms with Crippen LogP contribution in [0.15, 0.2) is 18.2 Å². The number of nitrogens with zero attached hydrogens (tertiary/aromatic N) is 2. The van der Waals surface area contributed by atoms with Crippen LogP contribution >= 0.6 is 0 Å². The SMILES string of the molecule is CCN(CCC#N)c1cccc(C(C)=O)c1N. The third-order valence-corrected chi connectivity index (χ3v) is 2.68. The standard InChI is InChI=1S/C13H17N3O/c1-3-16(9-5-8-14)12-7-4-6-11(10(2)17)13(12)15/h4,6-7H,3,5,9,15H2,1-2H3. The minimum absolute atomic E-state index is 0.0410. The van der Waals surface area contributed by atoms with Gasteiger partial charge in [0.2, 0.25) is 0 Å². The van der Waals surface area contributed by atoms with Crippen LogP contribution in [0.1, 0.15) is 30.6 Å². The average molecular weight is 231 g/mol. The molecule has 0 spiro atoms. The fraction of sp³-hybridized carbons (Fsp3) is 0.385. The summed E-state index contributed by atoms with van der Waals surface area (Å²) in [6, 6.07) is 7.53. The molecular formula is C13H17N3O. The summed E-state index contributed by atoms with van der Waals surface area (Å²) in [6.07, 6.45) is 0.442. The van der Waals surface area contributed by atoms with Gasteiger partial charge in [-0.1, -0.05) is 6.07 Å². The van der Waals surface area contributed by atoms with E-state index in [1.54, 1.807) is 6.07 Å². The van der Waals surface area contributed by atoms with Crippen LogP contribution in [0.2, 0.25) is 0 Å². The van der Waals surface area contributed by atoms with Gasteiger partial charge in [0.25, 0.3) is 0 Å². The number of nitrogen functional groups attached to an aromatic ring is 1. The molecule has 4 heteroatoms. The largest absolute Gasteiger partial charge is 0.396 e. The van der Waals surface area contributed by atoms with Gasteiger partial charge in [-0.2, -0.15) is 5.26 Å². The molecule has 1 aromatic rings. The molecule has 1 rings (SSSR count). The first kappa shape index (κ1) is 13.0. The Morgan fingerprint density at radius 1 is 1.53 bits per heavy atom. The predicted octanol–water partition coefficient (Wildman–Crippen LogP) is 2.21. The van der Waals surface area contributed by atoms with Crippen LogP contribution in [-0.2, 0) is 0 Å². The van der Waals surface area contributed by atoms with Crippen LogP contribution in [0.25, 0.3) is 0 Å². The smallest absolute Gasteiger partial charge is 0.161 e. The van der Waals surface area contributed by atoms with Crippen molar-refractivity contribution in [3.8, 4) is 6.07 Å². The highest BCUT2D eigenvalue weighted by atomic mass is 16.1. The van der Waals surface area contributed by atoms with Gasteiger partial charge in [-0.3, -0.25) is 4.79 Å². The number of carbonyl (C=O) groups is 1. The van der Waals surface area contributed by atoms with Gasteiger partial charge in [-0.25, -0.2) is 0 Å². The third kappa shape index (κ3) is 2.97. The number of nitrogens with two attached hydrogens (primary N) is 1. The molecule has 0 bridgehead atoms. The maximum Gasteiger partial charge on any atom is 0.161 e. The summed E-state index contributed by atoms with van der Waals surface area (Å²) in [5.41, 5.74) is 7.86. The van der Waals surface area contributed by atoms with Crippen molar-refractivity contribution in [3.63, 3.8) is 0 Å². The van der Waals surface area contributed by atoms with Crippen molar-refractivity contribution < 1.29 is 4.79 Å². The molecular weight excluding hydrogens is 214 g/mol. The van der Waals surface area contributed by atoms with E-state index < -0.39 is 0 Å². The Hall–Kier alpha value is -2.02. The first-order valence-corrected chi connectivity index (χ1v) is 5.63. The number of carbonyl (C=O) groups excluding carboxylic acids is 1. The summed E-state index contributed by atoms with van der Waals surface area (Å²) < 4.78 is 0. The fourth-order valence-electron chi connectivity index (χ4n) is 1.77. The number of hydrogen-bond acceptors (Lipinski definition) is 4. The van der Waals surface area contributed by atoms with E-state index in [2.05, 4.69) is 6.07 Å². The molecule has 90 valence electrons. The molecule has 0 saturated carbocycles. The second kappa shape index (κ2) is 5.90. The number of rotatable bonds is 5. The van der Waals surface area contributed by atoms with Crippen molar-refractivity contribution in [1.82, 2.24) is 0 Å². The lowest BCUT2D eigenvalue weighted by molar-refractivity contribution is 0.101. The molecule has 0 aromatic heterocycles. The van der Waals surface area contributed by atoms with E-state index in [1.807, 2.05) is 24.0 Å². The van der Waals surface area contributed by atoms with Crippen molar-refractivity contribution in [3.05, 3.63) is 23.8 Å². The van der Waals surface area contributed by atoms with Crippen molar-refractivity contribution in [2.45, 2.75) is 20.3 Å². The summed E-state index contributed by atoms with van der Waals surface area (Å²) in [4.78, 5) is 13.4. The minimum atomic E-state index is -0.0410.